The zero-order valence-corrected chi connectivity index (χ0v) is 12.4. The zero-order chi connectivity index (χ0) is 14.6. The van der Waals surface area contributed by atoms with Crippen LogP contribution in [0.4, 0.5) is 4.79 Å². The lowest BCUT2D eigenvalue weighted by atomic mass is 9.96. The number of carbonyl (C=O) groups is 1. The summed E-state index contributed by atoms with van der Waals surface area (Å²) in [5.74, 6) is 1.43. The molecule has 1 atom stereocenters. The summed E-state index contributed by atoms with van der Waals surface area (Å²) in [4.78, 5) is 13.5. The molecule has 0 spiro atoms. The lowest BCUT2D eigenvalue weighted by Crippen LogP contribution is -2.45. The van der Waals surface area contributed by atoms with Crippen LogP contribution in [-0.2, 0) is 5.60 Å². The summed E-state index contributed by atoms with van der Waals surface area (Å²) in [6.07, 6.45) is 0. The second-order valence-electron chi connectivity index (χ2n) is 4.93. The van der Waals surface area contributed by atoms with E-state index in [9.17, 15) is 9.90 Å². The third-order valence-corrected chi connectivity index (χ3v) is 3.26. The minimum absolute atomic E-state index is 0.155. The average molecular weight is 268 g/mol. The maximum absolute atomic E-state index is 11.9. The summed E-state index contributed by atoms with van der Waals surface area (Å²) in [7, 11) is 0. The van der Waals surface area contributed by atoms with E-state index >= 15 is 0 Å². The van der Waals surface area contributed by atoms with Crippen molar-refractivity contribution in [2.75, 3.05) is 19.6 Å². The van der Waals surface area contributed by atoms with E-state index in [1.165, 1.54) is 0 Å². The molecular weight excluding hydrogens is 244 g/mol. The summed E-state index contributed by atoms with van der Waals surface area (Å²) in [5, 5.41) is 13.2. The fourth-order valence-corrected chi connectivity index (χ4v) is 2.13. The quantitative estimate of drug-likeness (QED) is 0.860. The molecule has 108 valence electrons. The Hall–Kier alpha value is -1.49. The molecule has 0 saturated heterocycles. The fraction of sp³-hybridized carbons (Fsp3) is 0.643. The Morgan fingerprint density at radius 2 is 2.00 bits per heavy atom. The smallest absolute Gasteiger partial charge is 0.317 e. The molecule has 0 aliphatic rings. The highest BCUT2D eigenvalue weighted by Crippen LogP contribution is 2.26. The van der Waals surface area contributed by atoms with Gasteiger partial charge in [0.05, 0.1) is 6.54 Å². The number of rotatable bonds is 5. The van der Waals surface area contributed by atoms with E-state index < -0.39 is 5.60 Å². The number of urea groups is 1. The maximum Gasteiger partial charge on any atom is 0.317 e. The van der Waals surface area contributed by atoms with Crippen molar-refractivity contribution < 1.29 is 14.3 Å². The molecule has 0 aliphatic carbocycles. The van der Waals surface area contributed by atoms with E-state index in [-0.39, 0.29) is 12.6 Å². The molecule has 19 heavy (non-hydrogen) atoms. The van der Waals surface area contributed by atoms with Crippen molar-refractivity contribution in [3.63, 3.8) is 0 Å². The lowest BCUT2D eigenvalue weighted by molar-refractivity contribution is 0.0562. The van der Waals surface area contributed by atoms with Crippen LogP contribution in [0.1, 0.15) is 37.9 Å². The van der Waals surface area contributed by atoms with Crippen molar-refractivity contribution in [3.05, 3.63) is 23.2 Å². The zero-order valence-electron chi connectivity index (χ0n) is 12.4. The number of hydrogen-bond acceptors (Lipinski definition) is 3. The van der Waals surface area contributed by atoms with E-state index in [4.69, 9.17) is 4.42 Å². The predicted molar refractivity (Wildman–Crippen MR) is 74.1 cm³/mol. The first-order chi connectivity index (χ1) is 8.81. The predicted octanol–water partition coefficient (Wildman–Crippen LogP) is 2.16. The Balaban J connectivity index is 2.70. The Morgan fingerprint density at radius 1 is 1.42 bits per heavy atom. The number of hydrogen-bond donors (Lipinski definition) is 2. The maximum atomic E-state index is 11.9. The molecule has 0 saturated carbocycles. The standard InChI is InChI=1S/C14H24N2O3/c1-6-16(7-2)13(17)15-9-14(5,18)12-8-10(3)19-11(12)4/h8,18H,6-7,9H2,1-5H3,(H,15,17). The van der Waals surface area contributed by atoms with Gasteiger partial charge in [0.25, 0.3) is 0 Å². The molecule has 0 aliphatic heterocycles. The van der Waals surface area contributed by atoms with Gasteiger partial charge in [0.1, 0.15) is 17.1 Å². The molecule has 5 heteroatoms. The second kappa shape index (κ2) is 6.10. The number of carbonyl (C=O) groups excluding carboxylic acids is 1. The topological polar surface area (TPSA) is 65.7 Å². The molecule has 1 rings (SSSR count). The van der Waals surface area contributed by atoms with Crippen LogP contribution in [0.15, 0.2) is 10.5 Å². The summed E-state index contributed by atoms with van der Waals surface area (Å²) >= 11 is 0. The van der Waals surface area contributed by atoms with Crippen molar-refractivity contribution in [1.29, 1.82) is 0 Å². The van der Waals surface area contributed by atoms with Gasteiger partial charge < -0.3 is 19.7 Å². The first kappa shape index (κ1) is 15.6. The molecule has 1 unspecified atom stereocenters. The van der Waals surface area contributed by atoms with E-state index in [0.29, 0.717) is 24.4 Å². The summed E-state index contributed by atoms with van der Waals surface area (Å²) in [5.41, 5.74) is -0.421. The van der Waals surface area contributed by atoms with Gasteiger partial charge in [-0.15, -0.1) is 0 Å². The highest BCUT2D eigenvalue weighted by atomic mass is 16.3. The number of nitrogens with zero attached hydrogens (tertiary/aromatic N) is 1. The molecule has 1 aromatic heterocycles. The van der Waals surface area contributed by atoms with Crippen LogP contribution in [0, 0.1) is 13.8 Å². The van der Waals surface area contributed by atoms with E-state index in [2.05, 4.69) is 5.32 Å². The largest absolute Gasteiger partial charge is 0.466 e. The Labute approximate surface area is 114 Å². The number of aliphatic hydroxyl groups is 1. The first-order valence-electron chi connectivity index (χ1n) is 6.64. The van der Waals surface area contributed by atoms with Crippen molar-refractivity contribution in [1.82, 2.24) is 10.2 Å². The van der Waals surface area contributed by atoms with E-state index in [0.717, 1.165) is 5.76 Å². The molecule has 2 N–H and O–H groups in total. The molecule has 5 nitrogen and oxygen atoms in total. The Morgan fingerprint density at radius 3 is 2.42 bits per heavy atom. The number of nitrogens with one attached hydrogen (secondary N) is 1. The van der Waals surface area contributed by atoms with Gasteiger partial charge in [0.15, 0.2) is 0 Å². The van der Waals surface area contributed by atoms with Gasteiger partial charge in [-0.1, -0.05) is 0 Å². The third kappa shape index (κ3) is 3.73. The van der Waals surface area contributed by atoms with Crippen molar-refractivity contribution in [2.24, 2.45) is 0 Å². The molecule has 0 fully saturated rings. The minimum atomic E-state index is -1.13. The van der Waals surface area contributed by atoms with Crippen molar-refractivity contribution in [3.8, 4) is 0 Å². The molecule has 1 heterocycles. The summed E-state index contributed by atoms with van der Waals surface area (Å²) in [6.45, 7) is 10.6. The van der Waals surface area contributed by atoms with E-state index in [1.807, 2.05) is 27.7 Å². The fourth-order valence-electron chi connectivity index (χ4n) is 2.13. The number of aryl methyl sites for hydroxylation is 2. The van der Waals surface area contributed by atoms with Crippen LogP contribution in [0.3, 0.4) is 0 Å². The molecule has 1 aromatic rings. The molecule has 2 amide bonds. The van der Waals surface area contributed by atoms with Crippen LogP contribution in [-0.4, -0.2) is 35.7 Å². The van der Waals surface area contributed by atoms with E-state index in [1.54, 1.807) is 17.9 Å². The highest BCUT2D eigenvalue weighted by Gasteiger charge is 2.28. The second-order valence-corrected chi connectivity index (χ2v) is 4.93. The summed E-state index contributed by atoms with van der Waals surface area (Å²) < 4.78 is 5.41. The summed E-state index contributed by atoms with van der Waals surface area (Å²) in [6, 6.07) is 1.64. The number of amides is 2. The molecule has 0 radical (unpaired) electrons. The van der Waals surface area contributed by atoms with Gasteiger partial charge in [-0.2, -0.15) is 0 Å². The van der Waals surface area contributed by atoms with Gasteiger partial charge in [-0.05, 0) is 40.7 Å². The lowest BCUT2D eigenvalue weighted by Gasteiger charge is -2.26. The van der Waals surface area contributed by atoms with Gasteiger partial charge in [0.2, 0.25) is 0 Å². The number of furan rings is 1. The molecule has 0 bridgehead atoms. The third-order valence-electron chi connectivity index (χ3n) is 3.26. The van der Waals surface area contributed by atoms with Crippen LogP contribution in [0.25, 0.3) is 0 Å². The van der Waals surface area contributed by atoms with Gasteiger partial charge in [-0.25, -0.2) is 4.79 Å². The Bertz CT molecular complexity index is 434. The van der Waals surface area contributed by atoms with Crippen molar-refractivity contribution >= 4 is 6.03 Å². The van der Waals surface area contributed by atoms with Crippen LogP contribution in [0.2, 0.25) is 0 Å². The highest BCUT2D eigenvalue weighted by molar-refractivity contribution is 5.74. The van der Waals surface area contributed by atoms with Gasteiger partial charge >= 0.3 is 6.03 Å². The minimum Gasteiger partial charge on any atom is -0.466 e. The van der Waals surface area contributed by atoms with Crippen LogP contribution < -0.4 is 5.32 Å². The van der Waals surface area contributed by atoms with Crippen LogP contribution >= 0.6 is 0 Å². The SMILES string of the molecule is CCN(CC)C(=O)NCC(C)(O)c1cc(C)oc1C. The van der Waals surface area contributed by atoms with Crippen molar-refractivity contribution in [2.45, 2.75) is 40.2 Å². The Kier molecular flexibility index (Phi) is 5.00. The first-order valence-corrected chi connectivity index (χ1v) is 6.64. The van der Waals surface area contributed by atoms with Gasteiger partial charge in [0, 0.05) is 18.7 Å². The normalized spacial score (nSPS) is 14.0. The molecular formula is C14H24N2O3. The van der Waals surface area contributed by atoms with Gasteiger partial charge in [-0.3, -0.25) is 0 Å². The average Bonchev–Trinajstić information content (AvgIpc) is 2.68. The monoisotopic (exact) mass is 268 g/mol. The van der Waals surface area contributed by atoms with Crippen LogP contribution in [0.5, 0.6) is 0 Å². The molecule has 0 aromatic carbocycles.